The number of benzene rings is 4. The highest BCUT2D eigenvalue weighted by molar-refractivity contribution is 9.09. The summed E-state index contributed by atoms with van der Waals surface area (Å²) in [5.74, 6) is -2.26. The number of carbonyl (C=O) groups is 2. The largest absolute Gasteiger partial charge is 0.480 e. The van der Waals surface area contributed by atoms with Crippen LogP contribution in [0, 0.1) is 5.82 Å². The first kappa shape index (κ1) is 27.4. The van der Waals surface area contributed by atoms with Crippen LogP contribution < -0.4 is 10.6 Å². The predicted molar refractivity (Wildman–Crippen MR) is 163 cm³/mol. The lowest BCUT2D eigenvalue weighted by molar-refractivity contribution is -0.136. The Morgan fingerprint density at radius 2 is 1.60 bits per heavy atom. The number of rotatable bonds is 8. The number of carboxylic acid groups (broad SMARTS) is 1. The number of aliphatic carboxylic acids is 1. The quantitative estimate of drug-likeness (QED) is 0.139. The summed E-state index contributed by atoms with van der Waals surface area (Å²) in [6.45, 7) is 0.759. The van der Waals surface area contributed by atoms with Crippen LogP contribution in [-0.4, -0.2) is 22.2 Å². The minimum Gasteiger partial charge on any atom is -0.480 e. The van der Waals surface area contributed by atoms with Gasteiger partial charge in [0.1, 0.15) is 10.6 Å². The predicted octanol–water partition coefficient (Wildman–Crippen LogP) is 7.71. The van der Waals surface area contributed by atoms with Crippen LogP contribution in [-0.2, 0) is 16.1 Å². The summed E-state index contributed by atoms with van der Waals surface area (Å²) in [7, 11) is 0. The molecule has 0 saturated heterocycles. The second-order valence-corrected chi connectivity index (χ2v) is 10.9. The van der Waals surface area contributed by atoms with E-state index >= 15 is 0 Å². The maximum absolute atomic E-state index is 14.4. The Kier molecular flexibility index (Phi) is 8.42. The van der Waals surface area contributed by atoms with E-state index in [1.165, 1.54) is 23.8 Å². The standard InChI is InChI=1S/C31H23BrFN3O3S/c32-28(30(38)39)25-15-14-24(17-26(25)33)35-31-36-29(37)27(40-31)16-19-6-8-21(9-7-19)22-10-12-23(13-11-22)34-18-20-4-2-1-3-5-20/h1-17,28,34H,18H2,(H,38,39)(H,35,36,37). The molecule has 1 aliphatic heterocycles. The number of thioether (sulfide) groups is 1. The number of nitrogens with zero attached hydrogens (tertiary/aromatic N) is 1. The van der Waals surface area contributed by atoms with Crippen molar-refractivity contribution in [1.82, 2.24) is 0 Å². The van der Waals surface area contributed by atoms with Gasteiger partial charge in [0.2, 0.25) is 0 Å². The molecular formula is C31H23BrFN3O3S. The Morgan fingerprint density at radius 3 is 2.25 bits per heavy atom. The Hall–Kier alpha value is -4.21. The fourth-order valence-electron chi connectivity index (χ4n) is 4.03. The molecule has 3 N–H and O–H groups in total. The lowest BCUT2D eigenvalue weighted by Gasteiger charge is -2.09. The van der Waals surface area contributed by atoms with Crippen LogP contribution in [0.25, 0.3) is 17.2 Å². The molecule has 1 aliphatic rings. The summed E-state index contributed by atoms with van der Waals surface area (Å²) in [5.41, 5.74) is 5.62. The average molecular weight is 617 g/mol. The van der Waals surface area contributed by atoms with Gasteiger partial charge >= 0.3 is 5.97 Å². The van der Waals surface area contributed by atoms with Crippen LogP contribution in [0.5, 0.6) is 0 Å². The zero-order valence-corrected chi connectivity index (χ0v) is 23.4. The highest BCUT2D eigenvalue weighted by Crippen LogP contribution is 2.32. The van der Waals surface area contributed by atoms with Crippen molar-refractivity contribution in [1.29, 1.82) is 0 Å². The van der Waals surface area contributed by atoms with Gasteiger partial charge in [0, 0.05) is 23.5 Å². The molecule has 0 spiro atoms. The van der Waals surface area contributed by atoms with Crippen molar-refractivity contribution in [2.75, 3.05) is 10.6 Å². The molecule has 0 bridgehead atoms. The summed E-state index contributed by atoms with van der Waals surface area (Å²) in [4.78, 5) is 26.9. The minimum atomic E-state index is -1.19. The van der Waals surface area contributed by atoms with Gasteiger partial charge in [0.25, 0.3) is 5.91 Å². The number of amidine groups is 1. The molecule has 0 aromatic heterocycles. The van der Waals surface area contributed by atoms with Crippen LogP contribution in [0.1, 0.15) is 21.5 Å². The molecule has 1 amide bonds. The van der Waals surface area contributed by atoms with Crippen LogP contribution >= 0.6 is 27.7 Å². The number of halogens is 2. The molecule has 9 heteroatoms. The topological polar surface area (TPSA) is 90.8 Å². The number of aliphatic imine (C=N–C) groups is 1. The monoisotopic (exact) mass is 615 g/mol. The van der Waals surface area contributed by atoms with Crippen molar-refractivity contribution in [3.63, 3.8) is 0 Å². The summed E-state index contributed by atoms with van der Waals surface area (Å²) in [5, 5.41) is 15.7. The third kappa shape index (κ3) is 6.67. The van der Waals surface area contributed by atoms with Gasteiger partial charge < -0.3 is 15.7 Å². The molecule has 5 rings (SSSR count). The number of nitrogens with one attached hydrogen (secondary N) is 2. The Balaban J connectivity index is 1.19. The first-order valence-corrected chi connectivity index (χ1v) is 14.0. The molecular weight excluding hydrogens is 593 g/mol. The molecule has 1 heterocycles. The van der Waals surface area contributed by atoms with Crippen LogP contribution in [0.15, 0.2) is 107 Å². The number of anilines is 2. The SMILES string of the molecule is O=C1N=C(Nc2ccc(C(Br)C(=O)O)c(F)c2)SC1=Cc1ccc(-c2ccc(NCc3ccccc3)cc2)cc1. The number of carbonyl (C=O) groups excluding carboxylic acids is 1. The first-order chi connectivity index (χ1) is 19.4. The summed E-state index contributed by atoms with van der Waals surface area (Å²) in [6, 6.07) is 30.4. The molecule has 0 radical (unpaired) electrons. The molecule has 0 aliphatic carbocycles. The average Bonchev–Trinajstić information content (AvgIpc) is 3.30. The minimum absolute atomic E-state index is 0.00911. The zero-order chi connectivity index (χ0) is 28.1. The second-order valence-electron chi connectivity index (χ2n) is 8.93. The van der Waals surface area contributed by atoms with E-state index in [4.69, 9.17) is 5.11 Å². The van der Waals surface area contributed by atoms with Crippen LogP contribution in [0.2, 0.25) is 0 Å². The van der Waals surface area contributed by atoms with E-state index in [9.17, 15) is 14.0 Å². The van der Waals surface area contributed by atoms with E-state index in [2.05, 4.69) is 68.0 Å². The van der Waals surface area contributed by atoms with Crippen molar-refractivity contribution in [2.24, 2.45) is 4.99 Å². The molecule has 1 unspecified atom stereocenters. The summed E-state index contributed by atoms with van der Waals surface area (Å²) in [6.07, 6.45) is 1.76. The third-order valence-corrected chi connectivity index (χ3v) is 7.91. The number of carboxylic acids is 1. The normalized spacial score (nSPS) is 14.6. The van der Waals surface area contributed by atoms with Crippen molar-refractivity contribution in [3.8, 4) is 11.1 Å². The fourth-order valence-corrected chi connectivity index (χ4v) is 5.24. The molecule has 6 nitrogen and oxygen atoms in total. The molecule has 200 valence electrons. The molecule has 1 atom stereocenters. The Bertz CT molecular complexity index is 1610. The Labute approximate surface area is 243 Å². The smallest absolute Gasteiger partial charge is 0.321 e. The van der Waals surface area contributed by atoms with Gasteiger partial charge in [-0.05, 0) is 64.4 Å². The van der Waals surface area contributed by atoms with Gasteiger partial charge in [-0.15, -0.1) is 0 Å². The lowest BCUT2D eigenvalue weighted by atomic mass is 10.0. The van der Waals surface area contributed by atoms with Crippen molar-refractivity contribution >= 4 is 62.2 Å². The van der Waals surface area contributed by atoms with Gasteiger partial charge in [-0.25, -0.2) is 4.39 Å². The van der Waals surface area contributed by atoms with E-state index in [0.717, 1.165) is 40.7 Å². The highest BCUT2D eigenvalue weighted by atomic mass is 79.9. The van der Waals surface area contributed by atoms with Gasteiger partial charge in [0.15, 0.2) is 5.17 Å². The lowest BCUT2D eigenvalue weighted by Crippen LogP contribution is -2.09. The number of alkyl halides is 1. The second kappa shape index (κ2) is 12.3. The maximum atomic E-state index is 14.4. The highest BCUT2D eigenvalue weighted by Gasteiger charge is 2.23. The summed E-state index contributed by atoms with van der Waals surface area (Å²) >= 11 is 4.10. The molecule has 40 heavy (non-hydrogen) atoms. The molecule has 0 fully saturated rings. The van der Waals surface area contributed by atoms with Crippen molar-refractivity contribution in [3.05, 3.63) is 124 Å². The number of hydrogen-bond acceptors (Lipinski definition) is 5. The summed E-state index contributed by atoms with van der Waals surface area (Å²) < 4.78 is 14.4. The van der Waals surface area contributed by atoms with Crippen molar-refractivity contribution in [2.45, 2.75) is 11.4 Å². The Morgan fingerprint density at radius 1 is 0.950 bits per heavy atom. The van der Waals surface area contributed by atoms with E-state index in [1.54, 1.807) is 6.08 Å². The van der Waals surface area contributed by atoms with Gasteiger partial charge in [-0.1, -0.05) is 88.7 Å². The first-order valence-electron chi connectivity index (χ1n) is 12.3. The van der Waals surface area contributed by atoms with E-state index in [-0.39, 0.29) is 5.56 Å². The maximum Gasteiger partial charge on any atom is 0.321 e. The van der Waals surface area contributed by atoms with Gasteiger partial charge in [0.05, 0.1) is 4.91 Å². The van der Waals surface area contributed by atoms with Crippen LogP contribution in [0.4, 0.5) is 15.8 Å². The van der Waals surface area contributed by atoms with Gasteiger partial charge in [-0.2, -0.15) is 4.99 Å². The van der Waals surface area contributed by atoms with Gasteiger partial charge in [-0.3, -0.25) is 9.59 Å². The van der Waals surface area contributed by atoms with Crippen LogP contribution in [0.3, 0.4) is 0 Å². The van der Waals surface area contributed by atoms with E-state index in [0.29, 0.717) is 15.8 Å². The fraction of sp³-hybridized carbons (Fsp3) is 0.0645. The third-order valence-electron chi connectivity index (χ3n) is 6.13. The van der Waals surface area contributed by atoms with E-state index < -0.39 is 22.5 Å². The molecule has 4 aromatic carbocycles. The zero-order valence-electron chi connectivity index (χ0n) is 21.0. The number of amides is 1. The molecule has 4 aromatic rings. The molecule has 0 saturated carbocycles. The van der Waals surface area contributed by atoms with Crippen molar-refractivity contribution < 1.29 is 19.1 Å². The van der Waals surface area contributed by atoms with E-state index in [1.807, 2.05) is 42.5 Å². The number of hydrogen-bond donors (Lipinski definition) is 3.